The maximum absolute atomic E-state index is 5.58. The van der Waals surface area contributed by atoms with Crippen LogP contribution >= 0.6 is 0 Å². The Morgan fingerprint density at radius 1 is 1.00 bits per heavy atom. The molecule has 0 radical (unpaired) electrons. The average Bonchev–Trinajstić information content (AvgIpc) is 2.40. The predicted molar refractivity (Wildman–Crippen MR) is 79.6 cm³/mol. The van der Waals surface area contributed by atoms with E-state index in [0.29, 0.717) is 0 Å². The van der Waals surface area contributed by atoms with Gasteiger partial charge in [0.1, 0.15) is 5.75 Å². The van der Waals surface area contributed by atoms with Crippen LogP contribution in [0.5, 0.6) is 5.75 Å². The third-order valence-corrected chi connectivity index (χ3v) is 3.06. The molecular formula is C16H27NO. The van der Waals surface area contributed by atoms with E-state index in [1.54, 1.807) is 0 Å². The van der Waals surface area contributed by atoms with Crippen molar-refractivity contribution >= 4 is 5.69 Å². The first-order valence-electron chi connectivity index (χ1n) is 7.29. The van der Waals surface area contributed by atoms with Crippen molar-refractivity contribution in [2.75, 3.05) is 24.6 Å². The lowest BCUT2D eigenvalue weighted by molar-refractivity contribution is 0.340. The summed E-state index contributed by atoms with van der Waals surface area (Å²) >= 11 is 0. The Hall–Kier alpha value is -1.18. The van der Waals surface area contributed by atoms with E-state index in [-0.39, 0.29) is 0 Å². The molecule has 0 unspecified atom stereocenters. The normalized spacial score (nSPS) is 10.4. The molecule has 0 bridgehead atoms. The van der Waals surface area contributed by atoms with Crippen LogP contribution in [0.15, 0.2) is 24.3 Å². The molecule has 2 heteroatoms. The molecule has 0 aromatic heterocycles. The number of unbranched alkanes of at least 4 members (excludes halogenated alkanes) is 2. The summed E-state index contributed by atoms with van der Waals surface area (Å²) in [5, 5.41) is 0. The molecule has 1 rings (SSSR count). The second-order valence-electron chi connectivity index (χ2n) is 4.62. The van der Waals surface area contributed by atoms with Crippen LogP contribution in [0.4, 0.5) is 5.69 Å². The van der Waals surface area contributed by atoms with Gasteiger partial charge in [0.25, 0.3) is 0 Å². The Morgan fingerprint density at radius 2 is 1.67 bits per heavy atom. The first kappa shape index (κ1) is 14.9. The summed E-state index contributed by atoms with van der Waals surface area (Å²) in [5.74, 6) is 0.980. The Kier molecular flexibility index (Phi) is 7.31. The molecule has 102 valence electrons. The van der Waals surface area contributed by atoms with Crippen molar-refractivity contribution in [2.45, 2.75) is 46.5 Å². The molecule has 0 saturated carbocycles. The van der Waals surface area contributed by atoms with Gasteiger partial charge in [0, 0.05) is 24.8 Å². The molecule has 0 heterocycles. The van der Waals surface area contributed by atoms with Gasteiger partial charge in [-0.1, -0.05) is 32.8 Å². The van der Waals surface area contributed by atoms with E-state index < -0.39 is 0 Å². The third kappa shape index (κ3) is 4.99. The van der Waals surface area contributed by atoms with E-state index >= 15 is 0 Å². The van der Waals surface area contributed by atoms with Crippen LogP contribution in [-0.2, 0) is 0 Å². The fourth-order valence-electron chi connectivity index (χ4n) is 2.00. The predicted octanol–water partition coefficient (Wildman–Crippen LogP) is 4.49. The first-order chi connectivity index (χ1) is 8.81. The molecule has 0 spiro atoms. The van der Waals surface area contributed by atoms with E-state index in [4.69, 9.17) is 4.74 Å². The number of hydrogen-bond acceptors (Lipinski definition) is 2. The number of rotatable bonds is 9. The van der Waals surface area contributed by atoms with Crippen molar-refractivity contribution in [1.82, 2.24) is 0 Å². The van der Waals surface area contributed by atoms with Crippen molar-refractivity contribution < 1.29 is 4.74 Å². The second kappa shape index (κ2) is 8.84. The third-order valence-electron chi connectivity index (χ3n) is 3.06. The molecule has 2 nitrogen and oxygen atoms in total. The van der Waals surface area contributed by atoms with Crippen LogP contribution in [0.2, 0.25) is 0 Å². The maximum atomic E-state index is 5.58. The zero-order valence-corrected chi connectivity index (χ0v) is 12.1. The monoisotopic (exact) mass is 249 g/mol. The minimum Gasteiger partial charge on any atom is -0.494 e. The van der Waals surface area contributed by atoms with Crippen LogP contribution in [0, 0.1) is 0 Å². The number of hydrogen-bond donors (Lipinski definition) is 0. The van der Waals surface area contributed by atoms with E-state index in [2.05, 4.69) is 36.9 Å². The molecule has 1 aromatic rings. The van der Waals surface area contributed by atoms with Crippen molar-refractivity contribution in [3.8, 4) is 5.75 Å². The Balaban J connectivity index is 2.72. The van der Waals surface area contributed by atoms with Crippen LogP contribution in [0.1, 0.15) is 46.5 Å². The number of benzene rings is 1. The molecule has 0 saturated heterocycles. The lowest BCUT2D eigenvalue weighted by atomic mass is 10.2. The van der Waals surface area contributed by atoms with Crippen molar-refractivity contribution in [3.63, 3.8) is 0 Å². The number of nitrogens with zero attached hydrogens (tertiary/aromatic N) is 1. The fourth-order valence-corrected chi connectivity index (χ4v) is 2.00. The summed E-state index contributed by atoms with van der Waals surface area (Å²) in [5.41, 5.74) is 1.29. The van der Waals surface area contributed by atoms with E-state index in [9.17, 15) is 0 Å². The maximum Gasteiger partial charge on any atom is 0.121 e. The summed E-state index contributed by atoms with van der Waals surface area (Å²) in [4.78, 5) is 2.48. The molecule has 1 aromatic carbocycles. The van der Waals surface area contributed by atoms with Gasteiger partial charge in [0.2, 0.25) is 0 Å². The minimum atomic E-state index is 0.730. The molecular weight excluding hydrogens is 222 g/mol. The van der Waals surface area contributed by atoms with Gasteiger partial charge in [-0.15, -0.1) is 0 Å². The molecule has 0 atom stereocenters. The lowest BCUT2D eigenvalue weighted by Crippen LogP contribution is -2.25. The van der Waals surface area contributed by atoms with Crippen molar-refractivity contribution in [2.24, 2.45) is 0 Å². The van der Waals surface area contributed by atoms with Crippen molar-refractivity contribution in [1.29, 1.82) is 0 Å². The number of ether oxygens (including phenoxy) is 1. The highest BCUT2D eigenvalue weighted by atomic mass is 16.5. The summed E-state index contributed by atoms with van der Waals surface area (Å²) in [6.07, 6.45) is 4.99. The SMILES string of the molecule is CCCCN(CCCC)c1cccc(OCC)c1. The van der Waals surface area contributed by atoms with Gasteiger partial charge in [-0.2, -0.15) is 0 Å². The molecule has 0 fully saturated rings. The van der Waals surface area contributed by atoms with Crippen molar-refractivity contribution in [3.05, 3.63) is 24.3 Å². The molecule has 0 N–H and O–H groups in total. The summed E-state index contributed by atoms with van der Waals surface area (Å²) in [7, 11) is 0. The summed E-state index contributed by atoms with van der Waals surface area (Å²) in [6, 6.07) is 8.47. The van der Waals surface area contributed by atoms with Gasteiger partial charge in [-0.25, -0.2) is 0 Å². The molecule has 18 heavy (non-hydrogen) atoms. The van der Waals surface area contributed by atoms with E-state index in [0.717, 1.165) is 25.4 Å². The highest BCUT2D eigenvalue weighted by Gasteiger charge is 2.06. The highest BCUT2D eigenvalue weighted by molar-refractivity contribution is 5.50. The zero-order valence-electron chi connectivity index (χ0n) is 12.1. The topological polar surface area (TPSA) is 12.5 Å². The van der Waals surface area contributed by atoms with Crippen LogP contribution in [0.3, 0.4) is 0 Å². The van der Waals surface area contributed by atoms with Gasteiger partial charge in [-0.3, -0.25) is 0 Å². The molecule has 0 aliphatic heterocycles. The smallest absolute Gasteiger partial charge is 0.121 e. The van der Waals surface area contributed by atoms with Gasteiger partial charge >= 0.3 is 0 Å². The van der Waals surface area contributed by atoms with Crippen LogP contribution in [-0.4, -0.2) is 19.7 Å². The molecule has 0 aliphatic rings. The Labute approximate surface area is 112 Å². The van der Waals surface area contributed by atoms with Crippen LogP contribution < -0.4 is 9.64 Å². The quantitative estimate of drug-likeness (QED) is 0.639. The Morgan fingerprint density at radius 3 is 2.22 bits per heavy atom. The Bertz CT molecular complexity index is 317. The summed E-state index contributed by atoms with van der Waals surface area (Å²) < 4.78 is 5.58. The van der Waals surface area contributed by atoms with E-state index in [1.165, 1.54) is 31.4 Å². The summed E-state index contributed by atoms with van der Waals surface area (Å²) in [6.45, 7) is 9.54. The van der Waals surface area contributed by atoms with Crippen LogP contribution in [0.25, 0.3) is 0 Å². The highest BCUT2D eigenvalue weighted by Crippen LogP contribution is 2.22. The lowest BCUT2D eigenvalue weighted by Gasteiger charge is -2.25. The van der Waals surface area contributed by atoms with Gasteiger partial charge in [0.15, 0.2) is 0 Å². The molecule has 0 aliphatic carbocycles. The average molecular weight is 249 g/mol. The second-order valence-corrected chi connectivity index (χ2v) is 4.62. The standard InChI is InChI=1S/C16H27NO/c1-4-7-12-17(13-8-5-2)15-10-9-11-16(14-15)18-6-3/h9-11,14H,4-8,12-13H2,1-3H3. The fraction of sp³-hybridized carbons (Fsp3) is 0.625. The number of anilines is 1. The first-order valence-corrected chi connectivity index (χ1v) is 7.29. The molecule has 0 amide bonds. The van der Waals surface area contributed by atoms with E-state index in [1.807, 2.05) is 13.0 Å². The zero-order chi connectivity index (χ0) is 13.2. The van der Waals surface area contributed by atoms with Gasteiger partial charge in [0.05, 0.1) is 6.61 Å². The van der Waals surface area contributed by atoms with Gasteiger partial charge < -0.3 is 9.64 Å². The largest absolute Gasteiger partial charge is 0.494 e. The minimum absolute atomic E-state index is 0.730. The van der Waals surface area contributed by atoms with Gasteiger partial charge in [-0.05, 0) is 31.9 Å².